The van der Waals surface area contributed by atoms with Crippen molar-refractivity contribution >= 4 is 28.7 Å². The summed E-state index contributed by atoms with van der Waals surface area (Å²) in [4.78, 5) is 17.2. The summed E-state index contributed by atoms with van der Waals surface area (Å²) < 4.78 is 12.9. The highest BCUT2D eigenvalue weighted by atomic mass is 32.1. The summed E-state index contributed by atoms with van der Waals surface area (Å²) in [6, 6.07) is 13.8. The van der Waals surface area contributed by atoms with Gasteiger partial charge in [0.05, 0.1) is 18.3 Å². The fraction of sp³-hybridized carbons (Fsp3) is 0.111. The van der Waals surface area contributed by atoms with Crippen molar-refractivity contribution in [1.29, 1.82) is 0 Å². The molecule has 3 rings (SSSR count). The highest BCUT2D eigenvalue weighted by Crippen LogP contribution is 2.13. The molecule has 122 valence electrons. The third kappa shape index (κ3) is 4.63. The molecule has 0 aliphatic heterocycles. The number of hydrogen-bond donors (Lipinski definition) is 2. The maximum Gasteiger partial charge on any atom is 0.229 e. The molecule has 0 fully saturated rings. The maximum atomic E-state index is 12.9. The van der Waals surface area contributed by atoms with Gasteiger partial charge in [-0.25, -0.2) is 9.37 Å². The average Bonchev–Trinajstić information content (AvgIpc) is 3.08. The van der Waals surface area contributed by atoms with Gasteiger partial charge in [-0.05, 0) is 41.3 Å². The molecule has 6 heteroatoms. The Balaban J connectivity index is 1.51. The quantitative estimate of drug-likeness (QED) is 0.710. The van der Waals surface area contributed by atoms with Crippen molar-refractivity contribution in [1.82, 2.24) is 4.98 Å². The number of thiophene rings is 1. The smallest absolute Gasteiger partial charge is 0.229 e. The first kappa shape index (κ1) is 16.1. The standard InChI is InChI=1S/C18H16FN3OS/c19-14-5-3-13(4-6-14)11-20-17-8-7-15(12-21-17)22-18(23)10-16-2-1-9-24-16/h1-9,12H,10-11H2,(H,20,21)(H,22,23). The van der Waals surface area contributed by atoms with E-state index in [0.29, 0.717) is 24.5 Å². The van der Waals surface area contributed by atoms with Crippen molar-refractivity contribution in [3.05, 3.63) is 76.4 Å². The Hall–Kier alpha value is -2.73. The lowest BCUT2D eigenvalue weighted by atomic mass is 10.2. The summed E-state index contributed by atoms with van der Waals surface area (Å²) in [5.41, 5.74) is 1.62. The molecule has 2 heterocycles. The fourth-order valence-electron chi connectivity index (χ4n) is 2.14. The van der Waals surface area contributed by atoms with Gasteiger partial charge in [-0.1, -0.05) is 18.2 Å². The molecule has 1 aromatic carbocycles. The first-order valence-electron chi connectivity index (χ1n) is 7.46. The molecule has 4 nitrogen and oxygen atoms in total. The average molecular weight is 341 g/mol. The van der Waals surface area contributed by atoms with E-state index in [1.807, 2.05) is 17.5 Å². The second-order valence-electron chi connectivity index (χ2n) is 5.22. The van der Waals surface area contributed by atoms with Crippen LogP contribution in [0.1, 0.15) is 10.4 Å². The van der Waals surface area contributed by atoms with Gasteiger partial charge in [0.25, 0.3) is 0 Å². The molecular formula is C18H16FN3OS. The van der Waals surface area contributed by atoms with E-state index in [1.165, 1.54) is 12.1 Å². The van der Waals surface area contributed by atoms with Gasteiger partial charge in [-0.2, -0.15) is 0 Å². The Kier molecular flexibility index (Phi) is 5.18. The minimum absolute atomic E-state index is 0.0636. The Bertz CT molecular complexity index is 786. The second-order valence-corrected chi connectivity index (χ2v) is 6.25. The minimum atomic E-state index is -0.250. The molecule has 0 unspecified atom stereocenters. The lowest BCUT2D eigenvalue weighted by Gasteiger charge is -2.08. The van der Waals surface area contributed by atoms with E-state index in [0.717, 1.165) is 10.4 Å². The largest absolute Gasteiger partial charge is 0.366 e. The predicted octanol–water partition coefficient (Wildman–Crippen LogP) is 4.08. The van der Waals surface area contributed by atoms with Gasteiger partial charge in [-0.3, -0.25) is 4.79 Å². The van der Waals surface area contributed by atoms with Crippen molar-refractivity contribution < 1.29 is 9.18 Å². The van der Waals surface area contributed by atoms with Crippen LogP contribution in [0, 0.1) is 5.82 Å². The summed E-state index contributed by atoms with van der Waals surface area (Å²) in [5.74, 6) is 0.376. The number of carbonyl (C=O) groups excluding carboxylic acids is 1. The van der Waals surface area contributed by atoms with Crippen molar-refractivity contribution in [2.24, 2.45) is 0 Å². The van der Waals surface area contributed by atoms with E-state index in [2.05, 4.69) is 15.6 Å². The minimum Gasteiger partial charge on any atom is -0.366 e. The van der Waals surface area contributed by atoms with Crippen LogP contribution in [0.15, 0.2) is 60.1 Å². The van der Waals surface area contributed by atoms with Crippen LogP contribution in [0.25, 0.3) is 0 Å². The molecule has 1 amide bonds. The molecule has 0 aliphatic carbocycles. The summed E-state index contributed by atoms with van der Waals surface area (Å²) in [6.45, 7) is 0.553. The number of nitrogens with zero attached hydrogens (tertiary/aromatic N) is 1. The molecule has 0 spiro atoms. The van der Waals surface area contributed by atoms with Gasteiger partial charge in [0.2, 0.25) is 5.91 Å². The SMILES string of the molecule is O=C(Cc1cccs1)Nc1ccc(NCc2ccc(F)cc2)nc1. The predicted molar refractivity (Wildman–Crippen MR) is 94.6 cm³/mol. The topological polar surface area (TPSA) is 54.0 Å². The van der Waals surface area contributed by atoms with Crippen LogP contribution in [0.3, 0.4) is 0 Å². The lowest BCUT2D eigenvalue weighted by Crippen LogP contribution is -2.14. The first-order chi connectivity index (χ1) is 11.7. The number of amides is 1. The number of hydrogen-bond acceptors (Lipinski definition) is 4. The molecule has 2 N–H and O–H groups in total. The van der Waals surface area contributed by atoms with Crippen LogP contribution in [-0.4, -0.2) is 10.9 Å². The number of halogens is 1. The number of anilines is 2. The van der Waals surface area contributed by atoms with Crippen molar-refractivity contribution in [3.63, 3.8) is 0 Å². The molecule has 0 atom stereocenters. The third-order valence-electron chi connectivity index (χ3n) is 3.35. The number of carbonyl (C=O) groups is 1. The van der Waals surface area contributed by atoms with Gasteiger partial charge in [-0.15, -0.1) is 11.3 Å². The first-order valence-corrected chi connectivity index (χ1v) is 8.33. The second kappa shape index (κ2) is 7.70. The molecule has 0 aliphatic rings. The molecule has 3 aromatic rings. The van der Waals surface area contributed by atoms with Gasteiger partial charge in [0.15, 0.2) is 0 Å². The van der Waals surface area contributed by atoms with Gasteiger partial charge >= 0.3 is 0 Å². The Morgan fingerprint density at radius 2 is 1.96 bits per heavy atom. The Labute approximate surface area is 143 Å². The summed E-state index contributed by atoms with van der Waals surface area (Å²) in [6.07, 6.45) is 1.97. The Morgan fingerprint density at radius 1 is 1.12 bits per heavy atom. The number of pyridine rings is 1. The van der Waals surface area contributed by atoms with Crippen molar-refractivity contribution in [2.75, 3.05) is 10.6 Å². The lowest BCUT2D eigenvalue weighted by molar-refractivity contribution is -0.115. The zero-order chi connectivity index (χ0) is 16.8. The molecule has 24 heavy (non-hydrogen) atoms. The van der Waals surface area contributed by atoms with Gasteiger partial charge in [0, 0.05) is 11.4 Å². The zero-order valence-electron chi connectivity index (χ0n) is 12.8. The van der Waals surface area contributed by atoms with E-state index in [4.69, 9.17) is 0 Å². The molecular weight excluding hydrogens is 325 g/mol. The highest BCUT2D eigenvalue weighted by Gasteiger charge is 2.05. The summed E-state index contributed by atoms with van der Waals surface area (Å²) >= 11 is 1.56. The molecule has 2 aromatic heterocycles. The van der Waals surface area contributed by atoms with Crippen LogP contribution >= 0.6 is 11.3 Å². The van der Waals surface area contributed by atoms with Crippen molar-refractivity contribution in [2.45, 2.75) is 13.0 Å². The van der Waals surface area contributed by atoms with E-state index >= 15 is 0 Å². The van der Waals surface area contributed by atoms with E-state index in [9.17, 15) is 9.18 Å². The maximum absolute atomic E-state index is 12.9. The van der Waals surface area contributed by atoms with E-state index in [1.54, 1.807) is 41.8 Å². The normalized spacial score (nSPS) is 10.4. The molecule has 0 radical (unpaired) electrons. The number of nitrogens with one attached hydrogen (secondary N) is 2. The van der Waals surface area contributed by atoms with Crippen LogP contribution < -0.4 is 10.6 Å². The third-order valence-corrected chi connectivity index (χ3v) is 4.23. The van der Waals surface area contributed by atoms with Crippen LogP contribution in [0.5, 0.6) is 0 Å². The molecule has 0 saturated carbocycles. The summed E-state index contributed by atoms with van der Waals surface area (Å²) in [7, 11) is 0. The van der Waals surface area contributed by atoms with Crippen LogP contribution in [0.2, 0.25) is 0 Å². The van der Waals surface area contributed by atoms with Gasteiger partial charge in [0.1, 0.15) is 11.6 Å². The van der Waals surface area contributed by atoms with E-state index < -0.39 is 0 Å². The van der Waals surface area contributed by atoms with Crippen LogP contribution in [0.4, 0.5) is 15.9 Å². The fourth-order valence-corrected chi connectivity index (χ4v) is 2.85. The Morgan fingerprint density at radius 3 is 2.62 bits per heavy atom. The van der Waals surface area contributed by atoms with Gasteiger partial charge < -0.3 is 10.6 Å². The monoisotopic (exact) mass is 341 g/mol. The van der Waals surface area contributed by atoms with Crippen LogP contribution in [-0.2, 0) is 17.8 Å². The molecule has 0 saturated heterocycles. The molecule has 0 bridgehead atoms. The van der Waals surface area contributed by atoms with E-state index in [-0.39, 0.29) is 11.7 Å². The number of rotatable bonds is 6. The number of benzene rings is 1. The van der Waals surface area contributed by atoms with Crippen molar-refractivity contribution in [3.8, 4) is 0 Å². The highest BCUT2D eigenvalue weighted by molar-refractivity contribution is 7.10. The number of aromatic nitrogens is 1. The zero-order valence-corrected chi connectivity index (χ0v) is 13.6. The summed E-state index contributed by atoms with van der Waals surface area (Å²) in [5, 5.41) is 7.93.